The summed E-state index contributed by atoms with van der Waals surface area (Å²) in [6.45, 7) is 10.3. The van der Waals surface area contributed by atoms with Crippen molar-refractivity contribution in [3.63, 3.8) is 0 Å². The van der Waals surface area contributed by atoms with E-state index in [2.05, 4.69) is 16.4 Å². The van der Waals surface area contributed by atoms with Crippen LogP contribution in [-0.2, 0) is 11.3 Å². The summed E-state index contributed by atoms with van der Waals surface area (Å²) in [5, 5.41) is 12.5. The number of amides is 1. The number of nitrogens with zero attached hydrogens (tertiary/aromatic N) is 2. The van der Waals surface area contributed by atoms with Crippen LogP contribution in [0.4, 0.5) is 4.79 Å². The highest BCUT2D eigenvalue weighted by molar-refractivity contribution is 5.77. The molecule has 1 N–H and O–H groups in total. The van der Waals surface area contributed by atoms with Gasteiger partial charge in [0.15, 0.2) is 0 Å². The molecule has 0 fully saturated rings. The maximum Gasteiger partial charge on any atom is 0.407 e. The molecule has 1 aliphatic heterocycles. The molecular weight excluding hydrogens is 394 g/mol. The number of carbonyl (C=O) groups is 1. The number of hydrogen-bond donors (Lipinski definition) is 1. The van der Waals surface area contributed by atoms with Gasteiger partial charge in [-0.1, -0.05) is 6.92 Å². The Balaban J connectivity index is 1.62. The first-order valence-corrected chi connectivity index (χ1v) is 10.4. The van der Waals surface area contributed by atoms with Gasteiger partial charge in [0.2, 0.25) is 0 Å². The first-order valence-electron chi connectivity index (χ1n) is 10.4. The van der Waals surface area contributed by atoms with Crippen LogP contribution in [0.25, 0.3) is 11.1 Å². The van der Waals surface area contributed by atoms with Crippen LogP contribution >= 0.6 is 0 Å². The zero-order valence-corrected chi connectivity index (χ0v) is 18.7. The molecule has 2 aromatic rings. The number of benzene rings is 1. The molecular formula is C24H29N3O4. The number of carbonyl (C=O) groups excluding carboxylic acids is 1. The molecule has 1 aromatic carbocycles. The number of alkyl carbamates (subject to hydrolysis) is 1. The van der Waals surface area contributed by atoms with E-state index in [1.165, 1.54) is 0 Å². The quantitative estimate of drug-likeness (QED) is 0.715. The lowest BCUT2D eigenvalue weighted by atomic mass is 9.97. The molecule has 1 aliphatic rings. The number of pyridine rings is 1. The van der Waals surface area contributed by atoms with E-state index in [0.29, 0.717) is 36.7 Å². The van der Waals surface area contributed by atoms with Gasteiger partial charge in [0.1, 0.15) is 29.8 Å². The van der Waals surface area contributed by atoms with Crippen molar-refractivity contribution in [2.75, 3.05) is 6.61 Å². The summed E-state index contributed by atoms with van der Waals surface area (Å²) in [5.41, 5.74) is 2.81. The van der Waals surface area contributed by atoms with Crippen LogP contribution in [0.15, 0.2) is 30.6 Å². The Labute approximate surface area is 183 Å². The van der Waals surface area contributed by atoms with Crippen molar-refractivity contribution in [1.82, 2.24) is 10.3 Å². The molecule has 0 saturated heterocycles. The molecule has 0 bridgehead atoms. The molecule has 2 unspecified atom stereocenters. The molecule has 0 aliphatic carbocycles. The predicted molar refractivity (Wildman–Crippen MR) is 117 cm³/mol. The summed E-state index contributed by atoms with van der Waals surface area (Å²) >= 11 is 0. The van der Waals surface area contributed by atoms with E-state index in [1.807, 2.05) is 40.7 Å². The normalized spacial score (nSPS) is 14.2. The van der Waals surface area contributed by atoms with Gasteiger partial charge in [-0.25, -0.2) is 4.79 Å². The van der Waals surface area contributed by atoms with E-state index >= 15 is 0 Å². The average Bonchev–Trinajstić information content (AvgIpc) is 2.69. The molecule has 7 heteroatoms. The van der Waals surface area contributed by atoms with Gasteiger partial charge in [-0.3, -0.25) is 4.98 Å². The molecule has 1 amide bonds. The largest absolute Gasteiger partial charge is 0.492 e. The summed E-state index contributed by atoms with van der Waals surface area (Å²) in [4.78, 5) is 16.1. The Morgan fingerprint density at radius 3 is 2.81 bits per heavy atom. The highest BCUT2D eigenvalue weighted by atomic mass is 16.6. The molecule has 0 spiro atoms. The number of hydrogen-bond acceptors (Lipinski definition) is 6. The third-order valence-corrected chi connectivity index (χ3v) is 4.82. The van der Waals surface area contributed by atoms with E-state index in [4.69, 9.17) is 14.2 Å². The molecule has 164 valence electrons. The summed E-state index contributed by atoms with van der Waals surface area (Å²) in [5.74, 6) is 1.35. The Hall–Kier alpha value is -3.27. The van der Waals surface area contributed by atoms with Crippen LogP contribution < -0.4 is 14.8 Å². The molecule has 2 atom stereocenters. The number of nitriles is 1. The van der Waals surface area contributed by atoms with Crippen molar-refractivity contribution in [2.24, 2.45) is 5.92 Å². The predicted octanol–water partition coefficient (Wildman–Crippen LogP) is 4.83. The van der Waals surface area contributed by atoms with Crippen molar-refractivity contribution >= 4 is 6.09 Å². The molecule has 31 heavy (non-hydrogen) atoms. The van der Waals surface area contributed by atoms with Crippen LogP contribution in [0.3, 0.4) is 0 Å². The van der Waals surface area contributed by atoms with Gasteiger partial charge in [-0.2, -0.15) is 5.26 Å². The van der Waals surface area contributed by atoms with Crippen LogP contribution in [0.5, 0.6) is 11.5 Å². The second-order valence-corrected chi connectivity index (χ2v) is 8.98. The van der Waals surface area contributed by atoms with Crippen molar-refractivity contribution in [3.05, 3.63) is 41.7 Å². The van der Waals surface area contributed by atoms with Crippen LogP contribution in [0.2, 0.25) is 0 Å². The van der Waals surface area contributed by atoms with Gasteiger partial charge in [-0.15, -0.1) is 0 Å². The third kappa shape index (κ3) is 5.88. The fourth-order valence-electron chi connectivity index (χ4n) is 3.53. The van der Waals surface area contributed by atoms with Gasteiger partial charge in [0.25, 0.3) is 0 Å². The van der Waals surface area contributed by atoms with Gasteiger partial charge < -0.3 is 19.5 Å². The van der Waals surface area contributed by atoms with Gasteiger partial charge in [-0.05, 0) is 57.7 Å². The third-order valence-electron chi connectivity index (χ3n) is 4.82. The monoisotopic (exact) mass is 423 g/mol. The lowest BCUT2D eigenvalue weighted by Gasteiger charge is -2.24. The van der Waals surface area contributed by atoms with Crippen molar-refractivity contribution in [3.8, 4) is 28.7 Å². The standard InChI is InChI=1S/C24H29N3O4/c1-15(8-16(2)27-23(28)31-24(3,4)5)13-29-21-10-22-20(9-17(21)11-25)19-6-7-26-12-18(19)14-30-22/h6-7,9-10,12,15-16H,8,13-14H2,1-5H3,(H,27,28). The second kappa shape index (κ2) is 9.25. The number of aromatic nitrogens is 1. The first-order chi connectivity index (χ1) is 14.7. The molecule has 0 radical (unpaired) electrons. The van der Waals surface area contributed by atoms with E-state index in [9.17, 15) is 10.1 Å². The van der Waals surface area contributed by atoms with Crippen LogP contribution in [0.1, 0.15) is 52.2 Å². The number of ether oxygens (including phenoxy) is 3. The van der Waals surface area contributed by atoms with Gasteiger partial charge >= 0.3 is 6.09 Å². The topological polar surface area (TPSA) is 93.5 Å². The summed E-state index contributed by atoms with van der Waals surface area (Å²) in [7, 11) is 0. The van der Waals surface area contributed by atoms with Crippen LogP contribution in [0, 0.1) is 17.2 Å². The smallest absolute Gasteiger partial charge is 0.407 e. The summed E-state index contributed by atoms with van der Waals surface area (Å²) in [6.07, 6.45) is 3.80. The lowest BCUT2D eigenvalue weighted by molar-refractivity contribution is 0.0500. The zero-order chi connectivity index (χ0) is 22.6. The molecule has 2 heterocycles. The minimum Gasteiger partial charge on any atom is -0.492 e. The van der Waals surface area contributed by atoms with Crippen molar-refractivity contribution < 1.29 is 19.0 Å². The number of nitrogens with one attached hydrogen (secondary N) is 1. The highest BCUT2D eigenvalue weighted by Crippen LogP contribution is 2.41. The number of fused-ring (bicyclic) bond motifs is 3. The van der Waals surface area contributed by atoms with E-state index < -0.39 is 11.7 Å². The minimum absolute atomic E-state index is 0.0686. The lowest BCUT2D eigenvalue weighted by Crippen LogP contribution is -2.38. The van der Waals surface area contributed by atoms with Gasteiger partial charge in [0.05, 0.1) is 12.2 Å². The summed E-state index contributed by atoms with van der Waals surface area (Å²) in [6, 6.07) is 7.67. The maximum absolute atomic E-state index is 11.9. The second-order valence-electron chi connectivity index (χ2n) is 8.98. The Kier molecular flexibility index (Phi) is 6.69. The Morgan fingerprint density at radius 2 is 2.10 bits per heavy atom. The van der Waals surface area contributed by atoms with E-state index in [1.54, 1.807) is 24.5 Å². The molecule has 1 aromatic heterocycles. The molecule has 7 nitrogen and oxygen atoms in total. The van der Waals surface area contributed by atoms with Crippen LogP contribution in [-0.4, -0.2) is 29.3 Å². The fraction of sp³-hybridized carbons (Fsp3) is 0.458. The highest BCUT2D eigenvalue weighted by Gasteiger charge is 2.22. The van der Waals surface area contributed by atoms with Gasteiger partial charge in [0, 0.05) is 35.6 Å². The minimum atomic E-state index is -0.530. The first kappa shape index (κ1) is 22.4. The van der Waals surface area contributed by atoms with E-state index in [-0.39, 0.29) is 12.0 Å². The average molecular weight is 424 g/mol. The fourth-order valence-corrected chi connectivity index (χ4v) is 3.53. The Morgan fingerprint density at radius 1 is 1.32 bits per heavy atom. The molecule has 3 rings (SSSR count). The maximum atomic E-state index is 11.9. The number of rotatable bonds is 6. The van der Waals surface area contributed by atoms with E-state index in [0.717, 1.165) is 16.7 Å². The molecule has 0 saturated carbocycles. The summed E-state index contributed by atoms with van der Waals surface area (Å²) < 4.78 is 17.1. The SMILES string of the molecule is CC(COc1cc2c(cc1C#N)-c1ccncc1CO2)CC(C)NC(=O)OC(C)(C)C. The van der Waals surface area contributed by atoms with Crippen molar-refractivity contribution in [1.29, 1.82) is 5.26 Å². The Bertz CT molecular complexity index is 991. The van der Waals surface area contributed by atoms with Crippen molar-refractivity contribution in [2.45, 2.75) is 59.3 Å². The zero-order valence-electron chi connectivity index (χ0n) is 18.7.